The minimum Gasteiger partial charge on any atom is -0.397 e. The van der Waals surface area contributed by atoms with Crippen molar-refractivity contribution in [3.05, 3.63) is 119 Å². The van der Waals surface area contributed by atoms with Gasteiger partial charge in [-0.15, -0.1) is 0 Å². The Bertz CT molecular complexity index is 2000. The molecule has 2 unspecified atom stereocenters. The van der Waals surface area contributed by atoms with E-state index in [-0.39, 0.29) is 30.6 Å². The Morgan fingerprint density at radius 1 is 0.810 bits per heavy atom. The molecule has 0 aromatic heterocycles. The first-order chi connectivity index (χ1) is 28.0. The summed E-state index contributed by atoms with van der Waals surface area (Å²) in [6.07, 6.45) is 8.11. The fourth-order valence-corrected chi connectivity index (χ4v) is 9.89. The average molecular weight is 787 g/mol. The molecule has 5 N–H and O–H groups in total. The summed E-state index contributed by atoms with van der Waals surface area (Å²) in [5, 5.41) is 15.6. The lowest BCUT2D eigenvalue weighted by Gasteiger charge is -2.41. The number of nitrogens with two attached hydrogens (primary N) is 1. The number of nitrogen functional groups attached to an aromatic ring is 1. The smallest absolute Gasteiger partial charge is 0.224 e. The lowest BCUT2D eigenvalue weighted by atomic mass is 9.65. The summed E-state index contributed by atoms with van der Waals surface area (Å²) in [5.74, 6) is -0.0174. The zero-order valence-electron chi connectivity index (χ0n) is 34.6. The zero-order valence-corrected chi connectivity index (χ0v) is 34.6. The number of unbranched alkanes of at least 4 members (excludes halogenated alkanes) is 3. The molecule has 4 aromatic rings. The van der Waals surface area contributed by atoms with E-state index in [2.05, 4.69) is 84.8 Å². The Hall–Kier alpha value is -4.54. The summed E-state index contributed by atoms with van der Waals surface area (Å²) in [7, 11) is 0. The standard InChI is InChI=1S/C49H62N4O5/c1-48(2)27-39-28-49(3,32-48)33-53(39)30-40-26-44(36-20-18-34(31-54)19-21-36)58-47(57-40)37-24-22-35(23-25-37)41-13-9-8-12-38(41)29-51-45(55)16-6-4-5-7-17-46(56)52-43-15-11-10-14-42(43)50/h8-15,18-25,39-40,44,47,54H,4-7,16-17,26-33,50H2,1-3H3,(H,51,55)(H,52,56)/t39?,40-,44+,47+,49?/m1/s1. The van der Waals surface area contributed by atoms with E-state index >= 15 is 0 Å². The number of para-hydroxylation sites is 2. The third-order valence-electron chi connectivity index (χ3n) is 12.4. The number of carbonyl (C=O) groups excluding carboxylic acids is 2. The summed E-state index contributed by atoms with van der Waals surface area (Å²) in [6.45, 7) is 9.78. The molecule has 9 nitrogen and oxygen atoms in total. The second-order valence-corrected chi connectivity index (χ2v) is 18.1. The maximum absolute atomic E-state index is 12.8. The van der Waals surface area contributed by atoms with Gasteiger partial charge < -0.3 is 30.9 Å². The van der Waals surface area contributed by atoms with Crippen molar-refractivity contribution in [3.63, 3.8) is 0 Å². The van der Waals surface area contributed by atoms with Crippen LogP contribution in [0, 0.1) is 10.8 Å². The van der Waals surface area contributed by atoms with Gasteiger partial charge in [0.05, 0.1) is 30.2 Å². The van der Waals surface area contributed by atoms with Crippen molar-refractivity contribution in [2.45, 2.75) is 123 Å². The number of likely N-dealkylation sites (tertiary alicyclic amines) is 1. The first-order valence-electron chi connectivity index (χ1n) is 21.3. The number of rotatable bonds is 16. The van der Waals surface area contributed by atoms with Crippen molar-refractivity contribution < 1.29 is 24.2 Å². The highest BCUT2D eigenvalue weighted by atomic mass is 16.7. The van der Waals surface area contributed by atoms with Gasteiger partial charge in [-0.1, -0.05) is 119 Å². The highest BCUT2D eigenvalue weighted by Gasteiger charge is 2.50. The van der Waals surface area contributed by atoms with Gasteiger partial charge in [-0.05, 0) is 82.9 Å². The molecule has 4 aromatic carbocycles. The van der Waals surface area contributed by atoms with Crippen molar-refractivity contribution in [1.29, 1.82) is 0 Å². The van der Waals surface area contributed by atoms with Gasteiger partial charge in [0.15, 0.2) is 6.29 Å². The van der Waals surface area contributed by atoms with E-state index in [0.29, 0.717) is 47.6 Å². The molecule has 0 radical (unpaired) electrons. The number of fused-ring (bicyclic) bond motifs is 2. The topological polar surface area (TPSA) is 126 Å². The van der Waals surface area contributed by atoms with Crippen LogP contribution >= 0.6 is 0 Å². The Morgan fingerprint density at radius 3 is 2.24 bits per heavy atom. The SMILES string of the molecule is CC1(C)CC2CC(C)(CN2C[C@H]2C[C@@H](c3ccc(CO)cc3)O[C@@H](c3ccc(-c4ccccc4CNC(=O)CCCCCCC(=O)Nc4ccccc4N)cc3)O2)C1. The van der Waals surface area contributed by atoms with E-state index in [1.54, 1.807) is 12.1 Å². The largest absolute Gasteiger partial charge is 0.397 e. The van der Waals surface area contributed by atoms with Crippen LogP contribution in [0.4, 0.5) is 11.4 Å². The Balaban J connectivity index is 0.932. The summed E-state index contributed by atoms with van der Waals surface area (Å²) >= 11 is 0. The van der Waals surface area contributed by atoms with Crippen molar-refractivity contribution in [2.75, 3.05) is 24.1 Å². The van der Waals surface area contributed by atoms with Crippen LogP contribution in [0.5, 0.6) is 0 Å². The van der Waals surface area contributed by atoms with E-state index in [1.165, 1.54) is 19.3 Å². The van der Waals surface area contributed by atoms with Crippen LogP contribution in [0.25, 0.3) is 11.1 Å². The van der Waals surface area contributed by atoms with Gasteiger partial charge in [-0.3, -0.25) is 14.5 Å². The van der Waals surface area contributed by atoms with Gasteiger partial charge in [0.1, 0.15) is 0 Å². The molecule has 2 bridgehead atoms. The fourth-order valence-electron chi connectivity index (χ4n) is 9.89. The van der Waals surface area contributed by atoms with Crippen molar-refractivity contribution in [3.8, 4) is 11.1 Å². The predicted octanol–water partition coefficient (Wildman–Crippen LogP) is 9.47. The number of hydrogen-bond acceptors (Lipinski definition) is 7. The Labute approximate surface area is 344 Å². The summed E-state index contributed by atoms with van der Waals surface area (Å²) in [4.78, 5) is 27.8. The molecule has 1 aliphatic carbocycles. The molecule has 9 heteroatoms. The van der Waals surface area contributed by atoms with Gasteiger partial charge in [0.25, 0.3) is 0 Å². The van der Waals surface area contributed by atoms with Crippen LogP contribution < -0.4 is 16.4 Å². The number of carbonyl (C=O) groups is 2. The highest BCUT2D eigenvalue weighted by molar-refractivity contribution is 5.93. The van der Waals surface area contributed by atoms with Crippen LogP contribution in [-0.4, -0.2) is 47.1 Å². The maximum atomic E-state index is 12.8. The van der Waals surface area contributed by atoms with Crippen LogP contribution in [-0.2, 0) is 32.2 Å². The Kier molecular flexibility index (Phi) is 13.3. The second-order valence-electron chi connectivity index (χ2n) is 18.1. The monoisotopic (exact) mass is 786 g/mol. The maximum Gasteiger partial charge on any atom is 0.224 e. The molecule has 308 valence electrons. The molecule has 58 heavy (non-hydrogen) atoms. The minimum atomic E-state index is -0.510. The molecule has 2 amide bonds. The van der Waals surface area contributed by atoms with E-state index in [0.717, 1.165) is 78.6 Å². The first-order valence-corrected chi connectivity index (χ1v) is 21.3. The minimum absolute atomic E-state index is 0.0167. The van der Waals surface area contributed by atoms with Crippen LogP contribution in [0.3, 0.4) is 0 Å². The van der Waals surface area contributed by atoms with E-state index in [9.17, 15) is 14.7 Å². The number of amides is 2. The quantitative estimate of drug-likeness (QED) is 0.0659. The number of aliphatic hydroxyl groups is 1. The normalized spacial score (nSPS) is 24.0. The molecule has 0 spiro atoms. The molecule has 2 heterocycles. The third kappa shape index (κ3) is 10.7. The summed E-state index contributed by atoms with van der Waals surface area (Å²) in [6, 6.07) is 32.6. The van der Waals surface area contributed by atoms with Crippen LogP contribution in [0.1, 0.15) is 120 Å². The molecule has 2 aliphatic heterocycles. The van der Waals surface area contributed by atoms with Crippen molar-refractivity contribution in [1.82, 2.24) is 10.2 Å². The molecule has 2 saturated heterocycles. The molecule has 3 fully saturated rings. The molecule has 1 saturated carbocycles. The van der Waals surface area contributed by atoms with Gasteiger partial charge in [0.2, 0.25) is 11.8 Å². The number of hydrogen-bond donors (Lipinski definition) is 4. The molecular formula is C49H62N4O5. The highest BCUT2D eigenvalue weighted by Crippen LogP contribution is 2.53. The first kappa shape index (κ1) is 41.6. The van der Waals surface area contributed by atoms with Gasteiger partial charge in [-0.25, -0.2) is 0 Å². The van der Waals surface area contributed by atoms with E-state index < -0.39 is 6.29 Å². The number of anilines is 2. The number of aliphatic hydroxyl groups excluding tert-OH is 1. The lowest BCUT2D eigenvalue weighted by molar-refractivity contribution is -0.253. The van der Waals surface area contributed by atoms with Crippen molar-refractivity contribution in [2.24, 2.45) is 10.8 Å². The molecular weight excluding hydrogens is 725 g/mol. The van der Waals surface area contributed by atoms with Gasteiger partial charge in [-0.2, -0.15) is 0 Å². The summed E-state index contributed by atoms with van der Waals surface area (Å²) < 4.78 is 13.5. The Morgan fingerprint density at radius 2 is 1.50 bits per heavy atom. The lowest BCUT2D eigenvalue weighted by Crippen LogP contribution is -2.42. The van der Waals surface area contributed by atoms with Crippen LogP contribution in [0.2, 0.25) is 0 Å². The number of ether oxygens (including phenoxy) is 2. The number of nitrogens with one attached hydrogen (secondary N) is 2. The number of benzene rings is 4. The van der Waals surface area contributed by atoms with Gasteiger partial charge >= 0.3 is 0 Å². The predicted molar refractivity (Wildman–Crippen MR) is 230 cm³/mol. The van der Waals surface area contributed by atoms with Gasteiger partial charge in [0, 0.05) is 50.5 Å². The fraction of sp³-hybridized carbons (Fsp3) is 0.469. The zero-order chi connectivity index (χ0) is 40.7. The van der Waals surface area contributed by atoms with Crippen molar-refractivity contribution >= 4 is 23.2 Å². The third-order valence-corrected chi connectivity index (χ3v) is 12.4. The molecule has 5 atom stereocenters. The van der Waals surface area contributed by atoms with E-state index in [1.807, 2.05) is 36.4 Å². The second kappa shape index (κ2) is 18.6. The average Bonchev–Trinajstić information content (AvgIpc) is 3.45. The number of nitrogens with zero attached hydrogens (tertiary/aromatic N) is 1. The van der Waals surface area contributed by atoms with Crippen LogP contribution in [0.15, 0.2) is 97.1 Å². The summed E-state index contributed by atoms with van der Waals surface area (Å²) in [5.41, 5.74) is 14.0. The molecule has 7 rings (SSSR count). The van der Waals surface area contributed by atoms with E-state index in [4.69, 9.17) is 15.2 Å². The molecule has 3 aliphatic rings.